The molecule has 8 nitrogen and oxygen atoms in total. The van der Waals surface area contributed by atoms with Gasteiger partial charge in [0, 0.05) is 12.8 Å². The summed E-state index contributed by atoms with van der Waals surface area (Å²) in [4.78, 5) is 42.8. The molecule has 54 heavy (non-hydrogen) atoms. The number of phosphoric ester groups is 1. The summed E-state index contributed by atoms with van der Waals surface area (Å²) in [6.45, 7) is 3.58. The van der Waals surface area contributed by atoms with Crippen LogP contribution in [-0.4, -0.2) is 41.0 Å². The van der Waals surface area contributed by atoms with E-state index in [9.17, 15) is 14.2 Å². The number of carbonyl (C=O) groups is 2. The van der Waals surface area contributed by atoms with Crippen molar-refractivity contribution in [2.24, 2.45) is 0 Å². The lowest BCUT2D eigenvalue weighted by Crippen LogP contribution is -2.29. The van der Waals surface area contributed by atoms with Gasteiger partial charge in [0.05, 0.1) is 6.61 Å². The van der Waals surface area contributed by atoms with E-state index in [1.165, 1.54) is 96.3 Å². The van der Waals surface area contributed by atoms with E-state index in [0.717, 1.165) is 44.9 Å². The van der Waals surface area contributed by atoms with Crippen LogP contribution in [0.5, 0.6) is 0 Å². The monoisotopic (exact) mass is 777 g/mol. The van der Waals surface area contributed by atoms with E-state index >= 15 is 0 Å². The normalized spacial score (nSPS) is 13.2. The van der Waals surface area contributed by atoms with Crippen LogP contribution in [-0.2, 0) is 28.2 Å². The Balaban J connectivity index is 4.05. The highest BCUT2D eigenvalue weighted by Gasteiger charge is 2.22. The molecule has 0 aliphatic carbocycles. The van der Waals surface area contributed by atoms with Gasteiger partial charge in [-0.1, -0.05) is 164 Å². The van der Waals surface area contributed by atoms with Crippen molar-refractivity contribution < 1.29 is 37.9 Å². The molecular weight excluding hydrogens is 699 g/mol. The zero-order chi connectivity index (χ0) is 39.6. The minimum Gasteiger partial charge on any atom is -0.462 e. The SMILES string of the molecule is CCCCC/C=C/C/C=C/C/C=C/C/C=C/C/C=C/CCC(=O)OC[C@H](COP(=O)(O)O)OC(=O)CCCCCCCCCCC/C=C/CCCCCC. The van der Waals surface area contributed by atoms with Crippen LogP contribution in [0.15, 0.2) is 72.9 Å². The highest BCUT2D eigenvalue weighted by molar-refractivity contribution is 7.46. The third-order valence-electron chi connectivity index (χ3n) is 8.71. The summed E-state index contributed by atoms with van der Waals surface area (Å²) in [6, 6.07) is 0. The summed E-state index contributed by atoms with van der Waals surface area (Å²) >= 11 is 0. The molecule has 0 aromatic heterocycles. The third kappa shape index (κ3) is 42.2. The Morgan fingerprint density at radius 2 is 0.870 bits per heavy atom. The van der Waals surface area contributed by atoms with E-state index in [4.69, 9.17) is 19.3 Å². The summed E-state index contributed by atoms with van der Waals surface area (Å²) in [7, 11) is -4.77. The molecule has 0 spiro atoms. The molecule has 9 heteroatoms. The van der Waals surface area contributed by atoms with Gasteiger partial charge >= 0.3 is 19.8 Å². The first kappa shape index (κ1) is 51.5. The summed E-state index contributed by atoms with van der Waals surface area (Å²) in [6.07, 6.45) is 52.0. The zero-order valence-corrected chi connectivity index (χ0v) is 35.0. The lowest BCUT2D eigenvalue weighted by Gasteiger charge is -2.18. The van der Waals surface area contributed by atoms with E-state index in [1.54, 1.807) is 0 Å². The molecule has 0 aliphatic rings. The zero-order valence-electron chi connectivity index (χ0n) is 34.1. The van der Waals surface area contributed by atoms with E-state index in [1.807, 2.05) is 12.2 Å². The first-order valence-electron chi connectivity index (χ1n) is 21.2. The molecule has 0 saturated heterocycles. The third-order valence-corrected chi connectivity index (χ3v) is 9.20. The standard InChI is InChI=1S/C45H77O8P/c1-3-5-7-9-11-13-15-17-19-21-22-24-25-27-29-31-33-35-37-39-44(46)51-41-43(42-52-54(48,49)50)53-45(47)40-38-36-34-32-30-28-26-23-20-18-16-14-12-10-8-6-4-2/h11,13-14,16-17,19,22,24,27,29,33,35,43H,3-10,12,15,18,20-21,23,25-26,28,30-32,34,36-42H2,1-2H3,(H2,48,49,50)/b13-11+,16-14+,19-17+,24-22+,29-27+,35-33+/t43-/m1/s1. The van der Waals surface area contributed by atoms with Crippen molar-refractivity contribution >= 4 is 19.8 Å². The molecule has 310 valence electrons. The second kappa shape index (κ2) is 40.2. The Bertz CT molecular complexity index is 1100. The Morgan fingerprint density at radius 1 is 0.481 bits per heavy atom. The van der Waals surface area contributed by atoms with Crippen LogP contribution in [0, 0.1) is 0 Å². The van der Waals surface area contributed by atoms with Crippen molar-refractivity contribution in [2.45, 2.75) is 187 Å². The highest BCUT2D eigenvalue weighted by atomic mass is 31.2. The highest BCUT2D eigenvalue weighted by Crippen LogP contribution is 2.36. The van der Waals surface area contributed by atoms with Crippen LogP contribution in [0.25, 0.3) is 0 Å². The van der Waals surface area contributed by atoms with Crippen LogP contribution >= 0.6 is 7.82 Å². The number of phosphoric acid groups is 1. The summed E-state index contributed by atoms with van der Waals surface area (Å²) < 4.78 is 26.3. The van der Waals surface area contributed by atoms with Gasteiger partial charge in [0.1, 0.15) is 6.61 Å². The maximum absolute atomic E-state index is 12.4. The average molecular weight is 777 g/mol. The molecule has 0 fully saturated rings. The van der Waals surface area contributed by atoms with Crippen molar-refractivity contribution in [2.75, 3.05) is 13.2 Å². The Labute approximate surface area is 329 Å². The van der Waals surface area contributed by atoms with Gasteiger partial charge in [-0.2, -0.15) is 0 Å². The number of rotatable bonds is 38. The topological polar surface area (TPSA) is 119 Å². The number of carbonyl (C=O) groups excluding carboxylic acids is 2. The molecule has 0 unspecified atom stereocenters. The van der Waals surface area contributed by atoms with Crippen LogP contribution in [0.4, 0.5) is 0 Å². The smallest absolute Gasteiger partial charge is 0.462 e. The van der Waals surface area contributed by atoms with Gasteiger partial charge < -0.3 is 19.3 Å². The maximum Gasteiger partial charge on any atom is 0.469 e. The van der Waals surface area contributed by atoms with Crippen molar-refractivity contribution in [1.82, 2.24) is 0 Å². The first-order valence-corrected chi connectivity index (χ1v) is 22.8. The Kier molecular flexibility index (Phi) is 38.3. The summed E-state index contributed by atoms with van der Waals surface area (Å²) in [5.74, 6) is -0.986. The fraction of sp³-hybridized carbons (Fsp3) is 0.689. The van der Waals surface area contributed by atoms with E-state index in [-0.39, 0.29) is 19.4 Å². The molecule has 0 aromatic rings. The Hall–Kier alpha value is -2.51. The number of esters is 2. The van der Waals surface area contributed by atoms with Crippen molar-refractivity contribution in [3.05, 3.63) is 72.9 Å². The molecule has 0 bridgehead atoms. The fourth-order valence-electron chi connectivity index (χ4n) is 5.53. The lowest BCUT2D eigenvalue weighted by atomic mass is 10.1. The van der Waals surface area contributed by atoms with Gasteiger partial charge in [-0.3, -0.25) is 14.1 Å². The van der Waals surface area contributed by atoms with Gasteiger partial charge in [0.15, 0.2) is 6.10 Å². The summed E-state index contributed by atoms with van der Waals surface area (Å²) in [5.41, 5.74) is 0. The van der Waals surface area contributed by atoms with Crippen LogP contribution < -0.4 is 0 Å². The van der Waals surface area contributed by atoms with Crippen molar-refractivity contribution in [3.8, 4) is 0 Å². The predicted molar refractivity (Wildman–Crippen MR) is 225 cm³/mol. The molecule has 0 heterocycles. The maximum atomic E-state index is 12.4. The molecule has 0 aromatic carbocycles. The average Bonchev–Trinajstić information content (AvgIpc) is 3.14. The molecule has 0 radical (unpaired) electrons. The Morgan fingerprint density at radius 3 is 1.37 bits per heavy atom. The van der Waals surface area contributed by atoms with Gasteiger partial charge in [-0.15, -0.1) is 0 Å². The summed E-state index contributed by atoms with van der Waals surface area (Å²) in [5, 5.41) is 0. The molecule has 0 rings (SSSR count). The van der Waals surface area contributed by atoms with Crippen LogP contribution in [0.2, 0.25) is 0 Å². The second-order valence-corrected chi connectivity index (χ2v) is 15.2. The van der Waals surface area contributed by atoms with Crippen LogP contribution in [0.3, 0.4) is 0 Å². The number of ether oxygens (including phenoxy) is 2. The molecule has 0 aliphatic heterocycles. The fourth-order valence-corrected chi connectivity index (χ4v) is 5.89. The van der Waals surface area contributed by atoms with Crippen molar-refractivity contribution in [1.29, 1.82) is 0 Å². The molecule has 2 N–H and O–H groups in total. The second-order valence-electron chi connectivity index (χ2n) is 14.0. The largest absolute Gasteiger partial charge is 0.469 e. The predicted octanol–water partition coefficient (Wildman–Crippen LogP) is 13.1. The quantitative estimate of drug-likeness (QED) is 0.0275. The minimum absolute atomic E-state index is 0.141. The van der Waals surface area contributed by atoms with Crippen molar-refractivity contribution in [3.63, 3.8) is 0 Å². The van der Waals surface area contributed by atoms with E-state index in [2.05, 4.69) is 79.1 Å². The lowest BCUT2D eigenvalue weighted by molar-refractivity contribution is -0.161. The van der Waals surface area contributed by atoms with Gasteiger partial charge in [0.25, 0.3) is 0 Å². The molecule has 0 saturated carbocycles. The van der Waals surface area contributed by atoms with Gasteiger partial charge in [-0.25, -0.2) is 4.57 Å². The van der Waals surface area contributed by atoms with E-state index in [0.29, 0.717) is 12.8 Å². The molecular formula is C45H77O8P. The van der Waals surface area contributed by atoms with E-state index < -0.39 is 32.5 Å². The minimum atomic E-state index is -4.77. The molecule has 0 amide bonds. The van der Waals surface area contributed by atoms with Crippen LogP contribution in [0.1, 0.15) is 181 Å². The molecule has 1 atom stereocenters. The number of hydrogen-bond acceptors (Lipinski definition) is 6. The first-order chi connectivity index (χ1) is 26.3. The van der Waals surface area contributed by atoms with Gasteiger partial charge in [0.2, 0.25) is 0 Å². The number of allylic oxidation sites excluding steroid dienone is 12. The number of unbranched alkanes of at least 4 members (excludes halogenated alkanes) is 16. The van der Waals surface area contributed by atoms with Gasteiger partial charge in [-0.05, 0) is 77.0 Å². The number of hydrogen-bond donors (Lipinski definition) is 2.